The van der Waals surface area contributed by atoms with E-state index in [-0.39, 0.29) is 13.2 Å². The van der Waals surface area contributed by atoms with Crippen molar-refractivity contribution in [3.05, 3.63) is 29.2 Å². The van der Waals surface area contributed by atoms with E-state index >= 15 is 0 Å². The van der Waals surface area contributed by atoms with Gasteiger partial charge in [0.25, 0.3) is 0 Å². The van der Waals surface area contributed by atoms with Crippen molar-refractivity contribution in [2.45, 2.75) is 0 Å². The number of hydrogen-bond acceptors (Lipinski definition) is 3. The van der Waals surface area contributed by atoms with Crippen LogP contribution >= 0.6 is 0 Å². The van der Waals surface area contributed by atoms with Crippen LogP contribution in [0.15, 0.2) is 24.3 Å². The Labute approximate surface area is 88.2 Å². The molecular formula is C10H15N3O2+2. The molecule has 1 aromatic rings. The number of aliphatic hydroxyl groups excluding tert-OH is 2. The van der Waals surface area contributed by atoms with Crippen LogP contribution < -0.4 is 4.90 Å². The number of quaternary nitrogens is 1. The lowest BCUT2D eigenvalue weighted by Crippen LogP contribution is -3.08. The first-order valence-corrected chi connectivity index (χ1v) is 4.83. The maximum atomic E-state index is 8.86. The molecule has 0 saturated heterocycles. The third-order valence-corrected chi connectivity index (χ3v) is 2.22. The summed E-state index contributed by atoms with van der Waals surface area (Å²) in [5.41, 5.74) is 1.46. The molecule has 1 aromatic carbocycles. The van der Waals surface area contributed by atoms with Crippen molar-refractivity contribution in [1.82, 2.24) is 0 Å². The predicted molar refractivity (Wildman–Crippen MR) is 55.7 cm³/mol. The molecule has 80 valence electrons. The van der Waals surface area contributed by atoms with Gasteiger partial charge in [0.2, 0.25) is 5.39 Å². The zero-order chi connectivity index (χ0) is 11.1. The summed E-state index contributed by atoms with van der Waals surface area (Å²) in [7, 11) is 0. The molecule has 0 saturated carbocycles. The van der Waals surface area contributed by atoms with Crippen LogP contribution in [0.2, 0.25) is 0 Å². The highest BCUT2D eigenvalue weighted by molar-refractivity contribution is 5.48. The van der Waals surface area contributed by atoms with Gasteiger partial charge in [-0.25, -0.2) is 0 Å². The van der Waals surface area contributed by atoms with Gasteiger partial charge in [0.05, 0.1) is 13.2 Å². The molecule has 0 spiro atoms. The molecule has 0 atom stereocenters. The van der Waals surface area contributed by atoms with Crippen LogP contribution in [0.1, 0.15) is 0 Å². The van der Waals surface area contributed by atoms with Gasteiger partial charge in [-0.3, -0.25) is 4.90 Å². The quantitative estimate of drug-likeness (QED) is 0.581. The molecule has 0 aliphatic heterocycles. The van der Waals surface area contributed by atoms with Crippen LogP contribution in [0.5, 0.6) is 0 Å². The molecule has 0 aromatic heterocycles. The number of rotatable bonds is 5. The zero-order valence-electron chi connectivity index (χ0n) is 8.43. The monoisotopic (exact) mass is 209 g/mol. The standard InChI is InChI=1S/C10H14N3O2/c11-12-9-1-3-10(4-2-9)13(5-7-14)6-8-15/h1-4,14-15H,5-8H2/q+1/p+1. The van der Waals surface area contributed by atoms with E-state index in [0.29, 0.717) is 18.8 Å². The van der Waals surface area contributed by atoms with E-state index in [9.17, 15) is 0 Å². The Bertz CT molecular complexity index is 326. The average molecular weight is 209 g/mol. The summed E-state index contributed by atoms with van der Waals surface area (Å²) in [5, 5.41) is 26.2. The van der Waals surface area contributed by atoms with E-state index < -0.39 is 0 Å². The van der Waals surface area contributed by atoms with Crippen molar-refractivity contribution >= 4 is 11.4 Å². The highest BCUT2D eigenvalue weighted by Gasteiger charge is 2.12. The molecule has 0 bridgehead atoms. The van der Waals surface area contributed by atoms with Crippen LogP contribution in [0, 0.1) is 5.39 Å². The van der Waals surface area contributed by atoms with E-state index in [1.165, 1.54) is 0 Å². The summed E-state index contributed by atoms with van der Waals surface area (Å²) in [6, 6.07) is 7.00. The van der Waals surface area contributed by atoms with Gasteiger partial charge in [0.1, 0.15) is 18.8 Å². The third-order valence-electron chi connectivity index (χ3n) is 2.22. The Morgan fingerprint density at radius 3 is 2.00 bits per heavy atom. The highest BCUT2D eigenvalue weighted by atomic mass is 16.3. The lowest BCUT2D eigenvalue weighted by molar-refractivity contribution is -0.833. The first-order chi connectivity index (χ1) is 7.31. The zero-order valence-corrected chi connectivity index (χ0v) is 8.43. The molecule has 1 rings (SSSR count). The second-order valence-electron chi connectivity index (χ2n) is 3.20. The molecule has 0 unspecified atom stereocenters. The Kier molecular flexibility index (Phi) is 4.71. The van der Waals surface area contributed by atoms with Crippen LogP contribution in [-0.2, 0) is 0 Å². The number of aliphatic hydroxyl groups is 2. The molecule has 0 heterocycles. The Balaban J connectivity index is 2.77. The van der Waals surface area contributed by atoms with Crippen LogP contribution in [0.3, 0.4) is 0 Å². The predicted octanol–water partition coefficient (Wildman–Crippen LogP) is -0.328. The van der Waals surface area contributed by atoms with Crippen LogP contribution in [-0.4, -0.2) is 36.5 Å². The minimum Gasteiger partial charge on any atom is -0.391 e. The molecule has 0 fully saturated rings. The number of benzene rings is 1. The minimum atomic E-state index is 0.0709. The molecule has 0 amide bonds. The summed E-state index contributed by atoms with van der Waals surface area (Å²) in [6.45, 7) is 1.25. The molecule has 5 heteroatoms. The Hall–Kier alpha value is -1.48. The fraction of sp³-hybridized carbons (Fsp3) is 0.400. The lowest BCUT2D eigenvalue weighted by atomic mass is 10.2. The van der Waals surface area contributed by atoms with Gasteiger partial charge in [0, 0.05) is 24.3 Å². The van der Waals surface area contributed by atoms with E-state index in [4.69, 9.17) is 15.6 Å². The SMILES string of the molecule is N#[N+]c1ccc([NH+](CCO)CCO)cc1. The van der Waals surface area contributed by atoms with Crippen molar-refractivity contribution < 1.29 is 15.1 Å². The first-order valence-electron chi connectivity index (χ1n) is 4.83. The van der Waals surface area contributed by atoms with Crippen molar-refractivity contribution in [1.29, 1.82) is 5.39 Å². The minimum absolute atomic E-state index is 0.0709. The van der Waals surface area contributed by atoms with Crippen molar-refractivity contribution in [3.8, 4) is 0 Å². The first kappa shape index (κ1) is 11.6. The number of diazo groups is 1. The molecule has 3 N–H and O–H groups in total. The van der Waals surface area contributed by atoms with Gasteiger partial charge in [-0.05, 0) is 0 Å². The van der Waals surface area contributed by atoms with Gasteiger partial charge < -0.3 is 10.2 Å². The maximum absolute atomic E-state index is 8.86. The van der Waals surface area contributed by atoms with E-state index in [1.807, 2.05) is 12.1 Å². The molecule has 0 aliphatic rings. The lowest BCUT2D eigenvalue weighted by Gasteiger charge is -2.16. The van der Waals surface area contributed by atoms with Crippen LogP contribution in [0.4, 0.5) is 11.4 Å². The fourth-order valence-corrected chi connectivity index (χ4v) is 1.45. The second-order valence-corrected chi connectivity index (χ2v) is 3.20. The van der Waals surface area contributed by atoms with Crippen LogP contribution in [0.25, 0.3) is 4.98 Å². The van der Waals surface area contributed by atoms with Crippen molar-refractivity contribution in [3.63, 3.8) is 0 Å². The number of nitrogens with zero attached hydrogens (tertiary/aromatic N) is 2. The number of hydrogen-bond donors (Lipinski definition) is 3. The normalized spacial score (nSPS) is 10.3. The van der Waals surface area contributed by atoms with Gasteiger partial charge >= 0.3 is 5.69 Å². The summed E-state index contributed by atoms with van der Waals surface area (Å²) in [4.78, 5) is 4.06. The smallest absolute Gasteiger partial charge is 0.385 e. The van der Waals surface area contributed by atoms with E-state index in [2.05, 4.69) is 4.98 Å². The highest BCUT2D eigenvalue weighted by Crippen LogP contribution is 2.12. The van der Waals surface area contributed by atoms with Gasteiger partial charge in [-0.1, -0.05) is 0 Å². The van der Waals surface area contributed by atoms with Crippen molar-refractivity contribution in [2.24, 2.45) is 0 Å². The van der Waals surface area contributed by atoms with Gasteiger partial charge in [0.15, 0.2) is 4.98 Å². The van der Waals surface area contributed by atoms with E-state index in [1.54, 1.807) is 12.1 Å². The topological polar surface area (TPSA) is 73.0 Å². The molecule has 5 nitrogen and oxygen atoms in total. The maximum Gasteiger partial charge on any atom is 0.385 e. The van der Waals surface area contributed by atoms with Gasteiger partial charge in [-0.15, -0.1) is 0 Å². The van der Waals surface area contributed by atoms with E-state index in [0.717, 1.165) is 10.6 Å². The molecule has 0 radical (unpaired) electrons. The average Bonchev–Trinajstić information content (AvgIpc) is 2.29. The Morgan fingerprint density at radius 2 is 1.60 bits per heavy atom. The largest absolute Gasteiger partial charge is 0.391 e. The summed E-state index contributed by atoms with van der Waals surface area (Å²) in [5.74, 6) is 0. The third kappa shape index (κ3) is 3.29. The summed E-state index contributed by atoms with van der Waals surface area (Å²) < 4.78 is 0. The molecule has 0 aliphatic carbocycles. The van der Waals surface area contributed by atoms with Gasteiger partial charge in [-0.2, -0.15) is 0 Å². The molecule has 15 heavy (non-hydrogen) atoms. The second kappa shape index (κ2) is 6.09. The Morgan fingerprint density at radius 1 is 1.07 bits per heavy atom. The summed E-state index contributed by atoms with van der Waals surface area (Å²) >= 11 is 0. The fourth-order valence-electron chi connectivity index (χ4n) is 1.45. The number of nitrogens with one attached hydrogen (secondary N) is 1. The van der Waals surface area contributed by atoms with Crippen molar-refractivity contribution in [2.75, 3.05) is 26.3 Å². The summed E-state index contributed by atoms with van der Waals surface area (Å²) in [6.07, 6.45) is 0. The molecular weight excluding hydrogens is 194 g/mol.